The minimum atomic E-state index is -3.57. The molecule has 0 aliphatic rings. The molecule has 0 fully saturated rings. The fourth-order valence-electron chi connectivity index (χ4n) is 1.74. The van der Waals surface area contributed by atoms with Crippen LogP contribution in [-0.4, -0.2) is 66.7 Å². The Bertz CT molecular complexity index is 572. The molecule has 0 bridgehead atoms. The average Bonchev–Trinajstić information content (AvgIpc) is 2.52. The molecular weight excluding hydrogens is 306 g/mol. The lowest BCUT2D eigenvalue weighted by atomic mass is 10.2. The molecule has 0 aliphatic heterocycles. The molecule has 22 heavy (non-hydrogen) atoms. The molecule has 0 saturated carbocycles. The quantitative estimate of drug-likeness (QED) is 0.618. The molecule has 124 valence electrons. The standard InChI is InChI=1S/C14H23N3O4S/c1-15-8-10-17(2)14(18)12-4-6-13(7-5-12)22(19,20)16-9-11-21-3/h4-7,15-16H,8-11H2,1-3H3. The predicted molar refractivity (Wildman–Crippen MR) is 84.4 cm³/mol. The van der Waals surface area contributed by atoms with E-state index in [1.54, 1.807) is 11.9 Å². The molecule has 0 saturated heterocycles. The van der Waals surface area contributed by atoms with E-state index in [0.717, 1.165) is 0 Å². The first-order valence-electron chi connectivity index (χ1n) is 6.91. The zero-order valence-corrected chi connectivity index (χ0v) is 13.9. The van der Waals surface area contributed by atoms with Gasteiger partial charge in [-0.2, -0.15) is 0 Å². The van der Waals surface area contributed by atoms with Crippen LogP contribution in [0.2, 0.25) is 0 Å². The van der Waals surface area contributed by atoms with E-state index in [2.05, 4.69) is 10.0 Å². The van der Waals surface area contributed by atoms with Crippen molar-refractivity contribution in [2.24, 2.45) is 0 Å². The zero-order chi connectivity index (χ0) is 16.6. The first kappa shape index (κ1) is 18.6. The van der Waals surface area contributed by atoms with Crippen molar-refractivity contribution in [3.63, 3.8) is 0 Å². The lowest BCUT2D eigenvalue weighted by Crippen LogP contribution is -2.32. The number of methoxy groups -OCH3 is 1. The van der Waals surface area contributed by atoms with Crippen molar-refractivity contribution in [3.8, 4) is 0 Å². The second-order valence-electron chi connectivity index (χ2n) is 4.75. The van der Waals surface area contributed by atoms with E-state index < -0.39 is 10.0 Å². The van der Waals surface area contributed by atoms with Crippen LogP contribution in [0.5, 0.6) is 0 Å². The molecule has 0 unspecified atom stereocenters. The molecule has 8 heteroatoms. The summed E-state index contributed by atoms with van der Waals surface area (Å²) in [6.07, 6.45) is 0. The summed E-state index contributed by atoms with van der Waals surface area (Å²) in [6.45, 7) is 1.77. The third-order valence-electron chi connectivity index (χ3n) is 3.05. The smallest absolute Gasteiger partial charge is 0.253 e. The van der Waals surface area contributed by atoms with Crippen molar-refractivity contribution < 1.29 is 17.9 Å². The monoisotopic (exact) mass is 329 g/mol. The summed E-state index contributed by atoms with van der Waals surface area (Å²) in [6, 6.07) is 5.88. The SMILES string of the molecule is CNCCN(C)C(=O)c1ccc(S(=O)(=O)NCCOC)cc1. The molecule has 0 heterocycles. The number of rotatable bonds is 9. The summed E-state index contributed by atoms with van der Waals surface area (Å²) in [5, 5.41) is 2.97. The number of ether oxygens (including phenoxy) is 1. The third-order valence-corrected chi connectivity index (χ3v) is 4.53. The van der Waals surface area contributed by atoms with Gasteiger partial charge in [-0.3, -0.25) is 4.79 Å². The van der Waals surface area contributed by atoms with Crippen LogP contribution in [0.25, 0.3) is 0 Å². The molecule has 0 spiro atoms. The number of carbonyl (C=O) groups excluding carboxylic acids is 1. The Morgan fingerprint density at radius 2 is 1.86 bits per heavy atom. The average molecular weight is 329 g/mol. The van der Waals surface area contributed by atoms with Crippen molar-refractivity contribution in [2.45, 2.75) is 4.90 Å². The largest absolute Gasteiger partial charge is 0.383 e. The zero-order valence-electron chi connectivity index (χ0n) is 13.1. The van der Waals surface area contributed by atoms with E-state index in [-0.39, 0.29) is 17.3 Å². The summed E-state index contributed by atoms with van der Waals surface area (Å²) >= 11 is 0. The Balaban J connectivity index is 2.75. The molecule has 0 radical (unpaired) electrons. The summed E-state index contributed by atoms with van der Waals surface area (Å²) in [7, 11) is 1.44. The van der Waals surface area contributed by atoms with Gasteiger partial charge in [-0.25, -0.2) is 13.1 Å². The van der Waals surface area contributed by atoms with Gasteiger partial charge in [0.05, 0.1) is 11.5 Å². The first-order chi connectivity index (χ1) is 10.4. The van der Waals surface area contributed by atoms with Crippen molar-refractivity contribution >= 4 is 15.9 Å². The number of sulfonamides is 1. The second-order valence-corrected chi connectivity index (χ2v) is 6.51. The number of likely N-dealkylation sites (N-methyl/N-ethyl adjacent to an activating group) is 2. The predicted octanol–water partition coefficient (Wildman–Crippen LogP) is -0.0973. The highest BCUT2D eigenvalue weighted by atomic mass is 32.2. The maximum Gasteiger partial charge on any atom is 0.253 e. The maximum atomic E-state index is 12.1. The number of nitrogens with zero attached hydrogens (tertiary/aromatic N) is 1. The number of carbonyl (C=O) groups is 1. The Labute approximate surface area is 131 Å². The normalized spacial score (nSPS) is 11.4. The van der Waals surface area contributed by atoms with Gasteiger partial charge in [-0.1, -0.05) is 0 Å². The van der Waals surface area contributed by atoms with Gasteiger partial charge in [0, 0.05) is 39.4 Å². The molecule has 1 aromatic rings. The van der Waals surface area contributed by atoms with E-state index in [0.29, 0.717) is 25.3 Å². The maximum absolute atomic E-state index is 12.1. The highest BCUT2D eigenvalue weighted by Gasteiger charge is 2.15. The number of nitrogens with one attached hydrogen (secondary N) is 2. The van der Waals surface area contributed by atoms with E-state index in [9.17, 15) is 13.2 Å². The van der Waals surface area contributed by atoms with Crippen LogP contribution >= 0.6 is 0 Å². The highest BCUT2D eigenvalue weighted by molar-refractivity contribution is 7.89. The van der Waals surface area contributed by atoms with Gasteiger partial charge in [0.1, 0.15) is 0 Å². The van der Waals surface area contributed by atoms with E-state index in [1.807, 2.05) is 7.05 Å². The number of benzene rings is 1. The van der Waals surface area contributed by atoms with Crippen LogP contribution in [0.1, 0.15) is 10.4 Å². The van der Waals surface area contributed by atoms with Gasteiger partial charge in [0.15, 0.2) is 0 Å². The molecule has 1 rings (SSSR count). The highest BCUT2D eigenvalue weighted by Crippen LogP contribution is 2.11. The number of hydrogen-bond donors (Lipinski definition) is 2. The third kappa shape index (κ3) is 5.38. The van der Waals surface area contributed by atoms with Crippen LogP contribution in [0, 0.1) is 0 Å². The van der Waals surface area contributed by atoms with Crippen LogP contribution in [0.15, 0.2) is 29.2 Å². The van der Waals surface area contributed by atoms with Crippen molar-refractivity contribution in [2.75, 3.05) is 47.4 Å². The Morgan fingerprint density at radius 1 is 1.23 bits per heavy atom. The van der Waals surface area contributed by atoms with Crippen molar-refractivity contribution in [3.05, 3.63) is 29.8 Å². The molecule has 1 aromatic carbocycles. The van der Waals surface area contributed by atoms with E-state index in [4.69, 9.17) is 4.74 Å². The van der Waals surface area contributed by atoms with Crippen LogP contribution in [-0.2, 0) is 14.8 Å². The summed E-state index contributed by atoms with van der Waals surface area (Å²) < 4.78 is 31.2. The molecule has 0 aromatic heterocycles. The van der Waals surface area contributed by atoms with Crippen molar-refractivity contribution in [1.82, 2.24) is 14.9 Å². The van der Waals surface area contributed by atoms with Gasteiger partial charge in [0.25, 0.3) is 5.91 Å². The Morgan fingerprint density at radius 3 is 2.41 bits per heavy atom. The van der Waals surface area contributed by atoms with Gasteiger partial charge < -0.3 is 15.0 Å². The Hall–Kier alpha value is -1.48. The van der Waals surface area contributed by atoms with Crippen LogP contribution < -0.4 is 10.0 Å². The van der Waals surface area contributed by atoms with Crippen LogP contribution in [0.3, 0.4) is 0 Å². The topological polar surface area (TPSA) is 87.7 Å². The van der Waals surface area contributed by atoms with Gasteiger partial charge in [0.2, 0.25) is 10.0 Å². The number of hydrogen-bond acceptors (Lipinski definition) is 5. The molecule has 0 atom stereocenters. The van der Waals surface area contributed by atoms with Gasteiger partial charge >= 0.3 is 0 Å². The minimum Gasteiger partial charge on any atom is -0.383 e. The number of amides is 1. The Kier molecular flexibility index (Phi) is 7.46. The summed E-state index contributed by atoms with van der Waals surface area (Å²) in [5.74, 6) is -0.147. The molecule has 1 amide bonds. The molecular formula is C14H23N3O4S. The van der Waals surface area contributed by atoms with Crippen molar-refractivity contribution in [1.29, 1.82) is 0 Å². The fraction of sp³-hybridized carbons (Fsp3) is 0.500. The first-order valence-corrected chi connectivity index (χ1v) is 8.39. The second kappa shape index (κ2) is 8.84. The minimum absolute atomic E-state index is 0.123. The van der Waals surface area contributed by atoms with Crippen LogP contribution in [0.4, 0.5) is 0 Å². The summed E-state index contributed by atoms with van der Waals surface area (Å²) in [5.41, 5.74) is 0.453. The van der Waals surface area contributed by atoms with E-state index >= 15 is 0 Å². The van der Waals surface area contributed by atoms with Gasteiger partial charge in [-0.15, -0.1) is 0 Å². The lowest BCUT2D eigenvalue weighted by Gasteiger charge is -2.17. The molecule has 2 N–H and O–H groups in total. The van der Waals surface area contributed by atoms with Gasteiger partial charge in [-0.05, 0) is 31.3 Å². The molecule has 7 nitrogen and oxygen atoms in total. The summed E-state index contributed by atoms with van der Waals surface area (Å²) in [4.78, 5) is 13.8. The van der Waals surface area contributed by atoms with E-state index in [1.165, 1.54) is 31.4 Å². The lowest BCUT2D eigenvalue weighted by molar-refractivity contribution is 0.0796. The molecule has 0 aliphatic carbocycles. The fourth-order valence-corrected chi connectivity index (χ4v) is 2.75.